The van der Waals surface area contributed by atoms with E-state index in [1.807, 2.05) is 52.9 Å². The van der Waals surface area contributed by atoms with Gasteiger partial charge < -0.3 is 4.42 Å². The number of thioether (sulfide) groups is 1. The van der Waals surface area contributed by atoms with Gasteiger partial charge in [-0.3, -0.25) is 13.8 Å². The van der Waals surface area contributed by atoms with Crippen molar-refractivity contribution in [3.05, 3.63) is 64.8 Å². The van der Waals surface area contributed by atoms with Crippen LogP contribution < -0.4 is 5.56 Å². The molecule has 30 heavy (non-hydrogen) atoms. The summed E-state index contributed by atoms with van der Waals surface area (Å²) in [4.78, 5) is 17.4. The van der Waals surface area contributed by atoms with Gasteiger partial charge in [0.25, 0.3) is 5.56 Å². The predicted molar refractivity (Wildman–Crippen MR) is 118 cm³/mol. The monoisotopic (exact) mass is 419 g/mol. The van der Waals surface area contributed by atoms with E-state index in [-0.39, 0.29) is 5.56 Å². The number of rotatable bonds is 7. The van der Waals surface area contributed by atoms with Gasteiger partial charge in [-0.2, -0.15) is 0 Å². The molecule has 8 heteroatoms. The molecule has 0 radical (unpaired) electrons. The van der Waals surface area contributed by atoms with E-state index in [1.165, 1.54) is 0 Å². The zero-order valence-corrected chi connectivity index (χ0v) is 17.4. The van der Waals surface area contributed by atoms with Crippen molar-refractivity contribution in [1.29, 1.82) is 0 Å². The maximum atomic E-state index is 12.9. The summed E-state index contributed by atoms with van der Waals surface area (Å²) in [6.07, 6.45) is 2.52. The molecule has 0 amide bonds. The van der Waals surface area contributed by atoms with Crippen LogP contribution in [0.5, 0.6) is 0 Å². The van der Waals surface area contributed by atoms with Crippen LogP contribution in [0, 0.1) is 0 Å². The highest BCUT2D eigenvalue weighted by Crippen LogP contribution is 2.23. The molecule has 0 bridgehead atoms. The van der Waals surface area contributed by atoms with Crippen molar-refractivity contribution < 1.29 is 4.42 Å². The summed E-state index contributed by atoms with van der Waals surface area (Å²) in [5.74, 6) is 2.20. The van der Waals surface area contributed by atoms with Crippen LogP contribution >= 0.6 is 11.8 Å². The predicted octanol–water partition coefficient (Wildman–Crippen LogP) is 4.32. The van der Waals surface area contributed by atoms with E-state index in [1.54, 1.807) is 16.3 Å². The first-order chi connectivity index (χ1) is 14.8. The highest BCUT2D eigenvalue weighted by atomic mass is 32.2. The second-order valence-corrected chi connectivity index (χ2v) is 8.18. The van der Waals surface area contributed by atoms with Gasteiger partial charge in [-0.15, -0.1) is 10.2 Å². The lowest BCUT2D eigenvalue weighted by Crippen LogP contribution is -2.23. The fourth-order valence-electron chi connectivity index (χ4n) is 3.67. The van der Waals surface area contributed by atoms with Crippen LogP contribution in [0.1, 0.15) is 25.7 Å². The van der Waals surface area contributed by atoms with E-state index in [9.17, 15) is 4.79 Å². The second kappa shape index (κ2) is 7.95. The Bertz CT molecular complexity index is 1370. The lowest BCUT2D eigenvalue weighted by Gasteiger charge is -2.10. The molecule has 0 aliphatic carbocycles. The molecule has 5 aromatic rings. The van der Waals surface area contributed by atoms with Crippen molar-refractivity contribution in [1.82, 2.24) is 24.1 Å². The summed E-state index contributed by atoms with van der Waals surface area (Å²) in [5.41, 5.74) is 2.55. The van der Waals surface area contributed by atoms with Crippen LogP contribution in [-0.4, -0.2) is 29.9 Å². The van der Waals surface area contributed by atoms with Gasteiger partial charge in [0, 0.05) is 18.7 Å². The number of hydrogen-bond donors (Lipinski definition) is 0. The van der Waals surface area contributed by atoms with Crippen molar-refractivity contribution >= 4 is 39.5 Å². The maximum absolute atomic E-state index is 12.9. The topological polar surface area (TPSA) is 78.2 Å². The molecule has 0 N–H and O–H groups in total. The Hall–Kier alpha value is -3.13. The Balaban J connectivity index is 1.40. The highest BCUT2D eigenvalue weighted by Gasteiger charge is 2.16. The Morgan fingerprint density at radius 3 is 2.77 bits per heavy atom. The zero-order chi connectivity index (χ0) is 20.5. The van der Waals surface area contributed by atoms with Crippen LogP contribution in [0.4, 0.5) is 0 Å². The summed E-state index contributed by atoms with van der Waals surface area (Å²) in [7, 11) is 0. The summed E-state index contributed by atoms with van der Waals surface area (Å²) >= 11 is 1.63. The van der Waals surface area contributed by atoms with E-state index in [2.05, 4.69) is 22.1 Å². The van der Waals surface area contributed by atoms with Gasteiger partial charge in [0.15, 0.2) is 16.6 Å². The molecule has 152 valence electrons. The number of benzene rings is 2. The molecule has 3 aromatic heterocycles. The third-order valence-corrected chi connectivity index (χ3v) is 6.04. The van der Waals surface area contributed by atoms with Gasteiger partial charge in [0.1, 0.15) is 5.52 Å². The normalized spacial score (nSPS) is 11.8. The first kappa shape index (κ1) is 18.9. The van der Waals surface area contributed by atoms with Crippen LogP contribution in [-0.2, 0) is 13.0 Å². The van der Waals surface area contributed by atoms with Crippen LogP contribution in [0.25, 0.3) is 27.8 Å². The van der Waals surface area contributed by atoms with E-state index < -0.39 is 0 Å². The van der Waals surface area contributed by atoms with Crippen molar-refractivity contribution in [2.24, 2.45) is 0 Å². The van der Waals surface area contributed by atoms with Gasteiger partial charge in [-0.25, -0.2) is 4.98 Å². The molecule has 2 aromatic carbocycles. The van der Waals surface area contributed by atoms with Gasteiger partial charge in [-0.05, 0) is 37.1 Å². The lowest BCUT2D eigenvalue weighted by atomic mass is 10.2. The van der Waals surface area contributed by atoms with Crippen molar-refractivity contribution in [3.8, 4) is 0 Å². The van der Waals surface area contributed by atoms with E-state index >= 15 is 0 Å². The number of oxazole rings is 1. The lowest BCUT2D eigenvalue weighted by molar-refractivity contribution is 0.526. The second-order valence-electron chi connectivity index (χ2n) is 7.12. The largest absolute Gasteiger partial charge is 0.441 e. The van der Waals surface area contributed by atoms with Crippen LogP contribution in [0.3, 0.4) is 0 Å². The molecule has 3 heterocycles. The van der Waals surface area contributed by atoms with Crippen molar-refractivity contribution in [2.45, 2.75) is 37.9 Å². The van der Waals surface area contributed by atoms with Gasteiger partial charge in [-0.1, -0.05) is 43.0 Å². The van der Waals surface area contributed by atoms with Crippen molar-refractivity contribution in [2.75, 3.05) is 5.75 Å². The molecule has 0 unspecified atom stereocenters. The standard InChI is InChI=1S/C22H21N5O2S/c1-2-13-26-20(28)15-8-3-5-10-17(15)27-21(26)24-25-22(27)30-14-7-12-19-23-16-9-4-6-11-18(16)29-19/h3-6,8-11H,2,7,12-14H2,1H3. The number of para-hydroxylation sites is 3. The van der Waals surface area contributed by atoms with Crippen LogP contribution in [0.15, 0.2) is 62.9 Å². The number of aromatic nitrogens is 5. The third kappa shape index (κ3) is 3.27. The first-order valence-electron chi connectivity index (χ1n) is 10.1. The minimum absolute atomic E-state index is 0.0140. The van der Waals surface area contributed by atoms with Gasteiger partial charge in [0.2, 0.25) is 5.78 Å². The Labute approximate surface area is 176 Å². The molecule has 0 aliphatic rings. The van der Waals surface area contributed by atoms with Gasteiger partial charge in [0.05, 0.1) is 10.9 Å². The Morgan fingerprint density at radius 1 is 1.07 bits per heavy atom. The molecule has 0 spiro atoms. The molecule has 5 rings (SSSR count). The summed E-state index contributed by atoms with van der Waals surface area (Å²) in [5, 5.41) is 10.2. The minimum Gasteiger partial charge on any atom is -0.441 e. The smallest absolute Gasteiger partial charge is 0.262 e. The molecular weight excluding hydrogens is 398 g/mol. The first-order valence-corrected chi connectivity index (χ1v) is 11.1. The Morgan fingerprint density at radius 2 is 1.90 bits per heavy atom. The third-order valence-electron chi connectivity index (χ3n) is 5.03. The van der Waals surface area contributed by atoms with E-state index in [0.29, 0.717) is 17.7 Å². The molecule has 0 saturated heterocycles. The quantitative estimate of drug-likeness (QED) is 0.289. The van der Waals surface area contributed by atoms with E-state index in [4.69, 9.17) is 4.42 Å². The maximum Gasteiger partial charge on any atom is 0.262 e. The Kier molecular flexibility index (Phi) is 5.00. The summed E-state index contributed by atoms with van der Waals surface area (Å²) in [6.45, 7) is 2.67. The minimum atomic E-state index is -0.0140. The molecule has 0 saturated carbocycles. The number of nitrogens with zero attached hydrogens (tertiary/aromatic N) is 5. The van der Waals surface area contributed by atoms with Gasteiger partial charge >= 0.3 is 0 Å². The average Bonchev–Trinajstić information content (AvgIpc) is 3.38. The van der Waals surface area contributed by atoms with E-state index in [0.717, 1.165) is 52.7 Å². The number of aryl methyl sites for hydroxylation is 2. The fraction of sp³-hybridized carbons (Fsp3) is 0.273. The zero-order valence-electron chi connectivity index (χ0n) is 16.6. The SMILES string of the molecule is CCCn1c(=O)c2ccccc2n2c(SCCCc3nc4ccccc4o3)nnc12. The molecular formula is C22H21N5O2S. The molecule has 0 aliphatic heterocycles. The molecule has 0 atom stereocenters. The average molecular weight is 420 g/mol. The van der Waals surface area contributed by atoms with Crippen molar-refractivity contribution in [3.63, 3.8) is 0 Å². The fourth-order valence-corrected chi connectivity index (χ4v) is 4.54. The summed E-state index contributed by atoms with van der Waals surface area (Å²) in [6, 6.07) is 15.5. The highest BCUT2D eigenvalue weighted by molar-refractivity contribution is 7.99. The van der Waals surface area contributed by atoms with Crippen LogP contribution in [0.2, 0.25) is 0 Å². The number of fused-ring (bicyclic) bond motifs is 4. The number of hydrogen-bond acceptors (Lipinski definition) is 6. The molecule has 0 fully saturated rings. The summed E-state index contributed by atoms with van der Waals surface area (Å²) < 4.78 is 9.51. The molecule has 7 nitrogen and oxygen atoms in total.